The highest BCUT2D eigenvalue weighted by molar-refractivity contribution is 6.36. The lowest BCUT2D eigenvalue weighted by atomic mass is 10.2. The summed E-state index contributed by atoms with van der Waals surface area (Å²) >= 11 is 11.4. The smallest absolute Gasteiger partial charge is 0.340 e. The topological polar surface area (TPSA) is 64.6 Å². The van der Waals surface area contributed by atoms with E-state index in [4.69, 9.17) is 32.7 Å². The van der Waals surface area contributed by atoms with Gasteiger partial charge >= 0.3 is 5.97 Å². The second kappa shape index (κ2) is 8.69. The van der Waals surface area contributed by atoms with Crippen molar-refractivity contribution in [2.24, 2.45) is 0 Å². The van der Waals surface area contributed by atoms with Crippen molar-refractivity contribution in [3.05, 3.63) is 57.8 Å². The van der Waals surface area contributed by atoms with Gasteiger partial charge in [0, 0.05) is 0 Å². The normalized spacial score (nSPS) is 10.2. The summed E-state index contributed by atoms with van der Waals surface area (Å²) in [7, 11) is 0. The Morgan fingerprint density at radius 1 is 1.16 bits per heavy atom. The molecule has 0 aliphatic heterocycles. The number of esters is 1. The Bertz CT molecular complexity index is 798. The lowest BCUT2D eigenvalue weighted by molar-refractivity contribution is -0.119. The lowest BCUT2D eigenvalue weighted by Gasteiger charge is -2.11. The van der Waals surface area contributed by atoms with Gasteiger partial charge in [0.05, 0.1) is 27.9 Å². The predicted octanol–water partition coefficient (Wildman–Crippen LogP) is 4.33. The van der Waals surface area contributed by atoms with Gasteiger partial charge in [-0.15, -0.1) is 0 Å². The first-order chi connectivity index (χ1) is 11.9. The lowest BCUT2D eigenvalue weighted by Crippen LogP contribution is -2.21. The molecule has 0 bridgehead atoms. The third kappa shape index (κ3) is 5.08. The van der Waals surface area contributed by atoms with Crippen LogP contribution >= 0.6 is 23.2 Å². The quantitative estimate of drug-likeness (QED) is 0.593. The van der Waals surface area contributed by atoms with E-state index in [1.54, 1.807) is 24.3 Å². The Labute approximate surface area is 153 Å². The molecule has 0 aliphatic carbocycles. The number of para-hydroxylation sites is 2. The minimum absolute atomic E-state index is 0.0708. The van der Waals surface area contributed by atoms with Crippen LogP contribution in [0.15, 0.2) is 36.4 Å². The number of carbonyl (C=O) groups excluding carboxylic acids is 2. The molecular formula is C17H14Cl2FNO4. The van der Waals surface area contributed by atoms with Crippen LogP contribution in [0.5, 0.6) is 5.75 Å². The van der Waals surface area contributed by atoms with Crippen molar-refractivity contribution in [2.75, 3.05) is 18.5 Å². The number of hydrogen-bond donors (Lipinski definition) is 1. The van der Waals surface area contributed by atoms with E-state index in [9.17, 15) is 14.0 Å². The van der Waals surface area contributed by atoms with Crippen LogP contribution in [-0.2, 0) is 9.53 Å². The van der Waals surface area contributed by atoms with Gasteiger partial charge in [-0.25, -0.2) is 9.18 Å². The van der Waals surface area contributed by atoms with Gasteiger partial charge in [-0.1, -0.05) is 35.3 Å². The van der Waals surface area contributed by atoms with Crippen molar-refractivity contribution in [2.45, 2.75) is 6.92 Å². The highest BCUT2D eigenvalue weighted by atomic mass is 35.5. The zero-order valence-corrected chi connectivity index (χ0v) is 14.7. The summed E-state index contributed by atoms with van der Waals surface area (Å²) in [5.41, 5.74) is 0.229. The van der Waals surface area contributed by atoms with Crippen LogP contribution in [0.4, 0.5) is 10.1 Å². The molecule has 0 aromatic heterocycles. The minimum Gasteiger partial charge on any atom is -0.492 e. The zero-order valence-electron chi connectivity index (χ0n) is 13.1. The van der Waals surface area contributed by atoms with Crippen molar-refractivity contribution >= 4 is 40.8 Å². The molecule has 0 radical (unpaired) electrons. The van der Waals surface area contributed by atoms with E-state index in [1.165, 1.54) is 0 Å². The van der Waals surface area contributed by atoms with Crippen molar-refractivity contribution in [3.8, 4) is 5.75 Å². The fraction of sp³-hybridized carbons (Fsp3) is 0.176. The third-order valence-electron chi connectivity index (χ3n) is 3.03. The Balaban J connectivity index is 1.98. The maximum atomic E-state index is 13.4. The standard InChI is InChI=1S/C17H14Cl2FNO4/c1-2-24-15-6-4-3-5-14(15)21-16(22)9-25-17(23)10-7-13(20)12(19)8-11(10)18/h3-8H,2,9H2,1H3,(H,21,22). The van der Waals surface area contributed by atoms with Crippen LogP contribution in [0.3, 0.4) is 0 Å². The molecule has 0 aliphatic rings. The third-order valence-corrected chi connectivity index (χ3v) is 3.63. The first-order valence-corrected chi connectivity index (χ1v) is 8.01. The molecular weight excluding hydrogens is 372 g/mol. The first kappa shape index (κ1) is 19.0. The van der Waals surface area contributed by atoms with Crippen LogP contribution in [0, 0.1) is 5.82 Å². The molecule has 2 aromatic carbocycles. The molecule has 0 unspecified atom stereocenters. The maximum absolute atomic E-state index is 13.4. The molecule has 5 nitrogen and oxygen atoms in total. The SMILES string of the molecule is CCOc1ccccc1NC(=O)COC(=O)c1cc(F)c(Cl)cc1Cl. The van der Waals surface area contributed by atoms with Gasteiger partial charge in [0.1, 0.15) is 11.6 Å². The number of ether oxygens (including phenoxy) is 2. The highest BCUT2D eigenvalue weighted by Gasteiger charge is 2.17. The van der Waals surface area contributed by atoms with E-state index in [2.05, 4.69) is 5.32 Å². The van der Waals surface area contributed by atoms with E-state index >= 15 is 0 Å². The van der Waals surface area contributed by atoms with E-state index in [0.717, 1.165) is 12.1 Å². The van der Waals surface area contributed by atoms with Crippen molar-refractivity contribution in [1.82, 2.24) is 0 Å². The second-order valence-corrected chi connectivity index (χ2v) is 5.61. The average molecular weight is 386 g/mol. The summed E-state index contributed by atoms with van der Waals surface area (Å²) in [5, 5.41) is 2.28. The van der Waals surface area contributed by atoms with E-state index in [0.29, 0.717) is 18.0 Å². The van der Waals surface area contributed by atoms with Crippen molar-refractivity contribution < 1.29 is 23.5 Å². The van der Waals surface area contributed by atoms with Gasteiger partial charge in [0.15, 0.2) is 6.61 Å². The number of hydrogen-bond acceptors (Lipinski definition) is 4. The number of benzene rings is 2. The molecule has 1 amide bonds. The summed E-state index contributed by atoms with van der Waals surface area (Å²) in [4.78, 5) is 23.9. The number of nitrogens with one attached hydrogen (secondary N) is 1. The Morgan fingerprint density at radius 3 is 2.60 bits per heavy atom. The van der Waals surface area contributed by atoms with Gasteiger partial charge in [0.2, 0.25) is 0 Å². The Kier molecular flexibility index (Phi) is 6.61. The Morgan fingerprint density at radius 2 is 1.88 bits per heavy atom. The van der Waals surface area contributed by atoms with Gasteiger partial charge in [0.25, 0.3) is 5.91 Å². The van der Waals surface area contributed by atoms with E-state index < -0.39 is 24.3 Å². The molecule has 132 valence electrons. The van der Waals surface area contributed by atoms with Gasteiger partial charge in [-0.3, -0.25) is 4.79 Å². The minimum atomic E-state index is -0.936. The van der Waals surface area contributed by atoms with Crippen molar-refractivity contribution in [3.63, 3.8) is 0 Å². The monoisotopic (exact) mass is 385 g/mol. The zero-order chi connectivity index (χ0) is 18.4. The van der Waals surface area contributed by atoms with Crippen LogP contribution < -0.4 is 10.1 Å². The van der Waals surface area contributed by atoms with Crippen LogP contribution in [0.1, 0.15) is 17.3 Å². The molecule has 0 fully saturated rings. The van der Waals surface area contributed by atoms with Gasteiger partial charge in [-0.05, 0) is 31.2 Å². The average Bonchev–Trinajstić information content (AvgIpc) is 2.58. The summed E-state index contributed by atoms with van der Waals surface area (Å²) in [6, 6.07) is 8.78. The van der Waals surface area contributed by atoms with Crippen molar-refractivity contribution in [1.29, 1.82) is 0 Å². The predicted molar refractivity (Wildman–Crippen MR) is 92.9 cm³/mol. The number of rotatable bonds is 6. The molecule has 0 saturated heterocycles. The molecule has 0 saturated carbocycles. The molecule has 2 rings (SSSR count). The Hall–Kier alpha value is -2.31. The molecule has 0 spiro atoms. The molecule has 8 heteroatoms. The van der Waals surface area contributed by atoms with Gasteiger partial charge < -0.3 is 14.8 Å². The second-order valence-electron chi connectivity index (χ2n) is 4.80. The van der Waals surface area contributed by atoms with E-state index in [-0.39, 0.29) is 15.6 Å². The molecule has 2 aromatic rings. The number of anilines is 1. The molecule has 25 heavy (non-hydrogen) atoms. The first-order valence-electron chi connectivity index (χ1n) is 7.25. The fourth-order valence-corrected chi connectivity index (χ4v) is 2.39. The summed E-state index contributed by atoms with van der Waals surface area (Å²) in [6.45, 7) is 1.68. The summed E-state index contributed by atoms with van der Waals surface area (Å²) in [5.74, 6) is -1.83. The van der Waals surface area contributed by atoms with Crippen LogP contribution in [0.2, 0.25) is 10.0 Å². The number of halogens is 3. The highest BCUT2D eigenvalue weighted by Crippen LogP contribution is 2.25. The van der Waals surface area contributed by atoms with Gasteiger partial charge in [-0.2, -0.15) is 0 Å². The maximum Gasteiger partial charge on any atom is 0.340 e. The molecule has 0 atom stereocenters. The van der Waals surface area contributed by atoms with E-state index in [1.807, 2.05) is 6.92 Å². The number of carbonyl (C=O) groups is 2. The number of amides is 1. The largest absolute Gasteiger partial charge is 0.492 e. The summed E-state index contributed by atoms with van der Waals surface area (Å²) in [6.07, 6.45) is 0. The molecule has 0 heterocycles. The van der Waals surface area contributed by atoms with Crippen LogP contribution in [-0.4, -0.2) is 25.1 Å². The summed E-state index contributed by atoms with van der Waals surface area (Å²) < 4.78 is 23.7. The molecule has 1 N–H and O–H groups in total. The van der Waals surface area contributed by atoms with Crippen LogP contribution in [0.25, 0.3) is 0 Å². The fourth-order valence-electron chi connectivity index (χ4n) is 1.93.